The van der Waals surface area contributed by atoms with Crippen LogP contribution >= 0.6 is 0 Å². The first kappa shape index (κ1) is 21.4. The zero-order valence-electron chi connectivity index (χ0n) is 18.3. The first-order chi connectivity index (χ1) is 14.9. The van der Waals surface area contributed by atoms with Crippen molar-refractivity contribution in [1.82, 2.24) is 0 Å². The minimum Gasteiger partial charge on any atom is -0.507 e. The highest BCUT2D eigenvalue weighted by Gasteiger charge is 2.33. The summed E-state index contributed by atoms with van der Waals surface area (Å²) in [6, 6.07) is 8.79. The van der Waals surface area contributed by atoms with E-state index in [1.807, 2.05) is 6.07 Å². The SMILES string of the molecule is CCCC(C)c1ccc(C2=CC(=O)c3c(O)ccc(O)c3C2=O)c(C2CCCCC2)c1. The van der Waals surface area contributed by atoms with E-state index >= 15 is 0 Å². The third kappa shape index (κ3) is 3.91. The van der Waals surface area contributed by atoms with Crippen molar-refractivity contribution in [3.05, 3.63) is 64.2 Å². The van der Waals surface area contributed by atoms with Gasteiger partial charge in [0.15, 0.2) is 11.6 Å². The lowest BCUT2D eigenvalue weighted by Crippen LogP contribution is -2.18. The highest BCUT2D eigenvalue weighted by molar-refractivity contribution is 6.40. The van der Waals surface area contributed by atoms with Crippen LogP contribution < -0.4 is 0 Å². The molecule has 1 unspecified atom stereocenters. The molecule has 0 radical (unpaired) electrons. The Kier molecular flexibility index (Phi) is 5.99. The van der Waals surface area contributed by atoms with Gasteiger partial charge in [0.1, 0.15) is 11.5 Å². The average molecular weight is 419 g/mol. The first-order valence-corrected chi connectivity index (χ1v) is 11.4. The Labute approximate surface area is 183 Å². The molecular weight excluding hydrogens is 388 g/mol. The number of carbonyl (C=O) groups is 2. The molecule has 4 heteroatoms. The van der Waals surface area contributed by atoms with Crippen LogP contribution in [0.25, 0.3) is 5.57 Å². The van der Waals surface area contributed by atoms with Crippen LogP contribution in [0.2, 0.25) is 0 Å². The Bertz CT molecular complexity index is 1060. The van der Waals surface area contributed by atoms with Gasteiger partial charge in [0.2, 0.25) is 0 Å². The zero-order valence-corrected chi connectivity index (χ0v) is 18.3. The van der Waals surface area contributed by atoms with E-state index in [2.05, 4.69) is 26.0 Å². The molecule has 1 saturated carbocycles. The highest BCUT2D eigenvalue weighted by atomic mass is 16.3. The summed E-state index contributed by atoms with van der Waals surface area (Å²) in [5, 5.41) is 20.4. The van der Waals surface area contributed by atoms with Crippen LogP contribution in [0.5, 0.6) is 11.5 Å². The van der Waals surface area contributed by atoms with Crippen LogP contribution in [0.1, 0.15) is 108 Å². The zero-order chi connectivity index (χ0) is 22.1. The molecule has 0 heterocycles. The predicted octanol–water partition coefficient (Wildman–Crippen LogP) is 6.51. The van der Waals surface area contributed by atoms with E-state index in [4.69, 9.17) is 0 Å². The van der Waals surface area contributed by atoms with Crippen molar-refractivity contribution in [2.75, 3.05) is 0 Å². The number of phenols is 2. The van der Waals surface area contributed by atoms with Crippen LogP contribution in [-0.4, -0.2) is 21.8 Å². The van der Waals surface area contributed by atoms with E-state index in [1.165, 1.54) is 43.0 Å². The number of phenolic OH excluding ortho intramolecular Hbond substituents is 2. The molecule has 4 rings (SSSR count). The summed E-state index contributed by atoms with van der Waals surface area (Å²) in [4.78, 5) is 26.2. The smallest absolute Gasteiger partial charge is 0.198 e. The Morgan fingerprint density at radius 1 is 0.968 bits per heavy atom. The fourth-order valence-corrected chi connectivity index (χ4v) is 5.15. The Morgan fingerprint density at radius 3 is 2.32 bits per heavy atom. The van der Waals surface area contributed by atoms with Crippen LogP contribution in [-0.2, 0) is 0 Å². The number of fused-ring (bicyclic) bond motifs is 1. The van der Waals surface area contributed by atoms with Gasteiger partial charge >= 0.3 is 0 Å². The molecule has 1 atom stereocenters. The van der Waals surface area contributed by atoms with Crippen LogP contribution in [0, 0.1) is 0 Å². The molecule has 2 N–H and O–H groups in total. The fraction of sp³-hybridized carbons (Fsp3) is 0.407. The lowest BCUT2D eigenvalue weighted by atomic mass is 9.76. The van der Waals surface area contributed by atoms with Crippen molar-refractivity contribution in [2.24, 2.45) is 0 Å². The fourth-order valence-electron chi connectivity index (χ4n) is 5.15. The quantitative estimate of drug-likeness (QED) is 0.543. The van der Waals surface area contributed by atoms with Crippen molar-refractivity contribution >= 4 is 17.1 Å². The maximum absolute atomic E-state index is 13.4. The molecule has 0 saturated heterocycles. The highest BCUT2D eigenvalue weighted by Crippen LogP contribution is 2.42. The van der Waals surface area contributed by atoms with Gasteiger partial charge < -0.3 is 10.2 Å². The number of hydrogen-bond acceptors (Lipinski definition) is 4. The molecule has 1 fully saturated rings. The van der Waals surface area contributed by atoms with Crippen molar-refractivity contribution in [2.45, 2.75) is 70.6 Å². The lowest BCUT2D eigenvalue weighted by molar-refractivity contribution is 0.0996. The Balaban J connectivity index is 1.84. The predicted molar refractivity (Wildman–Crippen MR) is 122 cm³/mol. The number of aromatic hydroxyl groups is 2. The Hall–Kier alpha value is -2.88. The first-order valence-electron chi connectivity index (χ1n) is 11.4. The summed E-state index contributed by atoms with van der Waals surface area (Å²) < 4.78 is 0. The van der Waals surface area contributed by atoms with E-state index in [0.29, 0.717) is 17.4 Å². The molecule has 0 aromatic heterocycles. The maximum Gasteiger partial charge on any atom is 0.198 e. The third-order valence-electron chi connectivity index (χ3n) is 6.86. The van der Waals surface area contributed by atoms with E-state index < -0.39 is 11.6 Å². The summed E-state index contributed by atoms with van der Waals surface area (Å²) >= 11 is 0. The summed E-state index contributed by atoms with van der Waals surface area (Å²) in [5.74, 6) is -0.617. The van der Waals surface area contributed by atoms with Gasteiger partial charge in [-0.1, -0.05) is 57.7 Å². The summed E-state index contributed by atoms with van der Waals surface area (Å²) in [6.45, 7) is 4.41. The topological polar surface area (TPSA) is 74.6 Å². The normalized spacial score (nSPS) is 17.9. The average Bonchev–Trinajstić information content (AvgIpc) is 2.78. The van der Waals surface area contributed by atoms with E-state index in [1.54, 1.807) is 0 Å². The molecule has 4 nitrogen and oxygen atoms in total. The second-order valence-corrected chi connectivity index (χ2v) is 8.98. The van der Waals surface area contributed by atoms with E-state index in [0.717, 1.165) is 36.8 Å². The van der Waals surface area contributed by atoms with Gasteiger partial charge in [0.25, 0.3) is 0 Å². The molecule has 0 bridgehead atoms. The number of hydrogen-bond donors (Lipinski definition) is 2. The minimum absolute atomic E-state index is 0.0967. The second kappa shape index (κ2) is 8.70. The van der Waals surface area contributed by atoms with Crippen LogP contribution in [0.15, 0.2) is 36.4 Å². The van der Waals surface area contributed by atoms with Gasteiger partial charge in [-0.25, -0.2) is 0 Å². The largest absolute Gasteiger partial charge is 0.507 e. The number of rotatable bonds is 5. The molecule has 162 valence electrons. The summed E-state index contributed by atoms with van der Waals surface area (Å²) in [7, 11) is 0. The maximum atomic E-state index is 13.4. The molecule has 2 aliphatic rings. The standard InChI is InChI=1S/C27H30O4/c1-3-7-16(2)18-10-11-19(20(14-18)17-8-5-4-6-9-17)21-15-24(30)25-22(28)12-13-23(29)26(25)27(21)31/h10-17,28-29H,3-9H2,1-2H3. The number of carbonyl (C=O) groups excluding carboxylic acids is 2. The molecule has 0 amide bonds. The lowest BCUT2D eigenvalue weighted by Gasteiger charge is -2.27. The second-order valence-electron chi connectivity index (χ2n) is 8.98. The Morgan fingerprint density at radius 2 is 1.65 bits per heavy atom. The van der Waals surface area contributed by atoms with Gasteiger partial charge in [-0.05, 0) is 66.0 Å². The number of Topliss-reactive ketones (excluding diaryl/α,β-unsaturated/α-hetero) is 1. The van der Waals surface area contributed by atoms with Crippen LogP contribution in [0.3, 0.4) is 0 Å². The van der Waals surface area contributed by atoms with Gasteiger partial charge in [0, 0.05) is 5.57 Å². The van der Waals surface area contributed by atoms with Crippen molar-refractivity contribution in [3.8, 4) is 11.5 Å². The minimum atomic E-state index is -0.448. The molecule has 2 aromatic rings. The van der Waals surface area contributed by atoms with Gasteiger partial charge in [0.05, 0.1) is 11.1 Å². The molecule has 0 spiro atoms. The molecule has 2 aliphatic carbocycles. The molecular formula is C27H30O4. The number of benzene rings is 2. The monoisotopic (exact) mass is 418 g/mol. The van der Waals surface area contributed by atoms with Crippen LogP contribution in [0.4, 0.5) is 0 Å². The summed E-state index contributed by atoms with van der Waals surface area (Å²) in [5.41, 5.74) is 3.29. The van der Waals surface area contributed by atoms with Crippen molar-refractivity contribution < 1.29 is 19.8 Å². The number of ketones is 2. The molecule has 31 heavy (non-hydrogen) atoms. The molecule has 2 aromatic carbocycles. The number of allylic oxidation sites excluding steroid dienone is 2. The van der Waals surface area contributed by atoms with Gasteiger partial charge in [-0.2, -0.15) is 0 Å². The van der Waals surface area contributed by atoms with E-state index in [-0.39, 0.29) is 22.6 Å². The third-order valence-corrected chi connectivity index (χ3v) is 6.86. The van der Waals surface area contributed by atoms with Crippen molar-refractivity contribution in [1.29, 1.82) is 0 Å². The van der Waals surface area contributed by atoms with Crippen molar-refractivity contribution in [3.63, 3.8) is 0 Å². The van der Waals surface area contributed by atoms with Gasteiger partial charge in [-0.3, -0.25) is 9.59 Å². The van der Waals surface area contributed by atoms with Gasteiger partial charge in [-0.15, -0.1) is 0 Å². The summed E-state index contributed by atoms with van der Waals surface area (Å²) in [6.07, 6.45) is 9.28. The van der Waals surface area contributed by atoms with E-state index in [9.17, 15) is 19.8 Å². The molecule has 0 aliphatic heterocycles.